The quantitative estimate of drug-likeness (QED) is 0.664. The molecule has 1 unspecified atom stereocenters. The molecule has 1 aliphatic heterocycles. The lowest BCUT2D eigenvalue weighted by Crippen LogP contribution is -3.12. The molecule has 0 aromatic heterocycles. The highest BCUT2D eigenvalue weighted by Gasteiger charge is 2.35. The molecule has 2 atom stereocenters. The Bertz CT molecular complexity index is 953. The van der Waals surface area contributed by atoms with Gasteiger partial charge < -0.3 is 24.2 Å². The molecule has 2 N–H and O–H groups in total. The predicted molar refractivity (Wildman–Crippen MR) is 119 cm³/mol. The largest absolute Gasteiger partial charge is 0.507 e. The Morgan fingerprint density at radius 3 is 2.42 bits per heavy atom. The molecule has 31 heavy (non-hydrogen) atoms. The number of hydrogen-bond donors (Lipinski definition) is 2. The number of ether oxygens (including phenoxy) is 3. The van der Waals surface area contributed by atoms with Gasteiger partial charge in [0.15, 0.2) is 11.5 Å². The second-order valence-electron chi connectivity index (χ2n) is 8.57. The fourth-order valence-electron chi connectivity index (χ4n) is 4.65. The maximum absolute atomic E-state index is 12.3. The molecule has 2 aromatic rings. The van der Waals surface area contributed by atoms with Gasteiger partial charge in [-0.25, -0.2) is 0 Å². The van der Waals surface area contributed by atoms with Crippen molar-refractivity contribution in [2.45, 2.75) is 52.1 Å². The van der Waals surface area contributed by atoms with Crippen LogP contribution in [0.1, 0.15) is 60.0 Å². The van der Waals surface area contributed by atoms with Gasteiger partial charge in [0.1, 0.15) is 24.8 Å². The van der Waals surface area contributed by atoms with Gasteiger partial charge in [0.05, 0.1) is 27.9 Å². The molecule has 6 heteroatoms. The molecule has 1 heterocycles. The molecule has 0 radical (unpaired) electrons. The summed E-state index contributed by atoms with van der Waals surface area (Å²) < 4.78 is 16.0. The maximum atomic E-state index is 12.3. The average Bonchev–Trinajstić information content (AvgIpc) is 2.75. The highest BCUT2D eigenvalue weighted by Crippen LogP contribution is 2.35. The lowest BCUT2D eigenvalue weighted by Gasteiger charge is -2.34. The summed E-state index contributed by atoms with van der Waals surface area (Å²) in [5, 5.41) is 10.6. The minimum Gasteiger partial charge on any atom is -0.507 e. The van der Waals surface area contributed by atoms with Gasteiger partial charge in [-0.15, -0.1) is 0 Å². The summed E-state index contributed by atoms with van der Waals surface area (Å²) in [5.74, 6) is 1.78. The Balaban J connectivity index is 2.01. The number of hydrogen-bond acceptors (Lipinski definition) is 5. The smallest absolute Gasteiger partial charge is 0.311 e. The predicted octanol–water partition coefficient (Wildman–Crippen LogP) is 3.09. The van der Waals surface area contributed by atoms with Gasteiger partial charge in [-0.3, -0.25) is 4.79 Å². The van der Waals surface area contributed by atoms with E-state index in [1.54, 1.807) is 14.2 Å². The van der Waals surface area contributed by atoms with Crippen molar-refractivity contribution in [1.29, 1.82) is 0 Å². The van der Waals surface area contributed by atoms with Crippen LogP contribution in [0.15, 0.2) is 24.3 Å². The summed E-state index contributed by atoms with van der Waals surface area (Å²) in [4.78, 5) is 13.5. The fraction of sp³-hybridized carbons (Fsp3) is 0.480. The first-order valence-electron chi connectivity index (χ1n) is 10.8. The molecule has 0 aliphatic carbocycles. The molecule has 2 aromatic carbocycles. The highest BCUT2D eigenvalue weighted by atomic mass is 16.5. The number of esters is 1. The normalized spacial score (nSPS) is 17.9. The van der Waals surface area contributed by atoms with Crippen molar-refractivity contribution in [1.82, 2.24) is 0 Å². The molecule has 0 bridgehead atoms. The fourth-order valence-corrected chi connectivity index (χ4v) is 4.65. The Labute approximate surface area is 184 Å². The van der Waals surface area contributed by atoms with Gasteiger partial charge in [0.25, 0.3) is 0 Å². The van der Waals surface area contributed by atoms with Crippen molar-refractivity contribution in [3.8, 4) is 17.2 Å². The second kappa shape index (κ2) is 9.60. The molecule has 1 aliphatic rings. The highest BCUT2D eigenvalue weighted by molar-refractivity contribution is 5.70. The van der Waals surface area contributed by atoms with Crippen LogP contribution in [0.5, 0.6) is 17.2 Å². The molecule has 6 nitrogen and oxygen atoms in total. The minimum absolute atomic E-state index is 0.0980. The van der Waals surface area contributed by atoms with Crippen LogP contribution in [0.25, 0.3) is 0 Å². The Hall–Kier alpha value is -2.73. The molecule has 168 valence electrons. The topological polar surface area (TPSA) is 69.4 Å². The number of methoxy groups -OCH3 is 3. The second-order valence-corrected chi connectivity index (χ2v) is 8.57. The number of carbonyl (C=O) groups is 1. The lowest BCUT2D eigenvalue weighted by atomic mass is 9.89. The van der Waals surface area contributed by atoms with Gasteiger partial charge in [0.2, 0.25) is 0 Å². The van der Waals surface area contributed by atoms with Crippen LogP contribution in [-0.2, 0) is 22.5 Å². The van der Waals surface area contributed by atoms with Gasteiger partial charge in [-0.05, 0) is 53.8 Å². The molecule has 0 fully saturated rings. The number of phenolic OH excluding ortho intramolecular Hbond substituents is 1. The number of rotatable bonds is 7. The van der Waals surface area contributed by atoms with Crippen molar-refractivity contribution >= 4 is 5.97 Å². The molecule has 0 amide bonds. The van der Waals surface area contributed by atoms with Crippen molar-refractivity contribution in [3.63, 3.8) is 0 Å². The Morgan fingerprint density at radius 2 is 1.81 bits per heavy atom. The van der Waals surface area contributed by atoms with Crippen molar-refractivity contribution < 1.29 is 29.0 Å². The molecule has 0 saturated heterocycles. The minimum atomic E-state index is -0.249. The standard InChI is InChI=1S/C25H33NO5/c1-15(2)19-10-18(22(27)9-16(19)3)14-26-8-7-17-11-23(29-4)24(30-5)12-20(17)21(26)13-25(28)31-6/h9-12,15,21,27H,7-8,13-14H2,1-6H3/p+1/t21-/m1/s1. The van der Waals surface area contributed by atoms with Gasteiger partial charge in [-0.2, -0.15) is 0 Å². The third kappa shape index (κ3) is 4.79. The summed E-state index contributed by atoms with van der Waals surface area (Å²) in [6, 6.07) is 7.86. The van der Waals surface area contributed by atoms with Gasteiger partial charge in [0, 0.05) is 17.5 Å². The van der Waals surface area contributed by atoms with E-state index < -0.39 is 0 Å². The van der Waals surface area contributed by atoms with E-state index in [0.29, 0.717) is 29.7 Å². The molecule has 3 rings (SSSR count). The number of quaternary nitrogens is 1. The first-order valence-corrected chi connectivity index (χ1v) is 10.8. The van der Waals surface area contributed by atoms with Crippen molar-refractivity contribution in [2.24, 2.45) is 0 Å². The van der Waals surface area contributed by atoms with Crippen LogP contribution >= 0.6 is 0 Å². The van der Waals surface area contributed by atoms with Crippen LogP contribution in [0.4, 0.5) is 0 Å². The maximum Gasteiger partial charge on any atom is 0.311 e. The first kappa shape index (κ1) is 22.9. The molecule has 0 spiro atoms. The van der Waals surface area contributed by atoms with Crippen LogP contribution in [0.3, 0.4) is 0 Å². The Morgan fingerprint density at radius 1 is 1.13 bits per heavy atom. The zero-order valence-corrected chi connectivity index (χ0v) is 19.4. The Kier molecular flexibility index (Phi) is 7.11. The average molecular weight is 429 g/mol. The van der Waals surface area contributed by atoms with E-state index in [0.717, 1.165) is 35.2 Å². The lowest BCUT2D eigenvalue weighted by molar-refractivity contribution is -0.946. The van der Waals surface area contributed by atoms with E-state index in [-0.39, 0.29) is 18.4 Å². The van der Waals surface area contributed by atoms with E-state index in [4.69, 9.17) is 14.2 Å². The van der Waals surface area contributed by atoms with Crippen LogP contribution in [0, 0.1) is 6.92 Å². The van der Waals surface area contributed by atoms with E-state index in [1.807, 2.05) is 25.1 Å². The van der Waals surface area contributed by atoms with Gasteiger partial charge in [-0.1, -0.05) is 13.8 Å². The third-order valence-corrected chi connectivity index (χ3v) is 6.33. The van der Waals surface area contributed by atoms with Crippen molar-refractivity contribution in [2.75, 3.05) is 27.9 Å². The SMILES string of the molecule is COC(=O)C[C@@H]1c2cc(OC)c(OC)cc2CC[NH+]1Cc1cc(C(C)C)c(C)cc1O. The van der Waals surface area contributed by atoms with E-state index >= 15 is 0 Å². The van der Waals surface area contributed by atoms with E-state index in [2.05, 4.69) is 19.9 Å². The number of fused-ring (bicyclic) bond motifs is 1. The number of aryl methyl sites for hydroxylation is 1. The summed E-state index contributed by atoms with van der Waals surface area (Å²) in [5.41, 5.74) is 5.47. The van der Waals surface area contributed by atoms with E-state index in [9.17, 15) is 9.90 Å². The zero-order chi connectivity index (χ0) is 22.7. The van der Waals surface area contributed by atoms with Gasteiger partial charge >= 0.3 is 5.97 Å². The van der Waals surface area contributed by atoms with Crippen LogP contribution < -0.4 is 14.4 Å². The summed E-state index contributed by atoms with van der Waals surface area (Å²) in [6.45, 7) is 7.82. The number of nitrogens with one attached hydrogen (secondary N) is 1. The van der Waals surface area contributed by atoms with Crippen LogP contribution in [0.2, 0.25) is 0 Å². The van der Waals surface area contributed by atoms with Crippen molar-refractivity contribution in [3.05, 3.63) is 52.1 Å². The third-order valence-electron chi connectivity index (χ3n) is 6.33. The summed E-state index contributed by atoms with van der Waals surface area (Å²) in [7, 11) is 4.66. The zero-order valence-electron chi connectivity index (χ0n) is 19.4. The summed E-state index contributed by atoms with van der Waals surface area (Å²) >= 11 is 0. The van der Waals surface area contributed by atoms with E-state index in [1.165, 1.54) is 17.6 Å². The molecular formula is C25H34NO5+. The molecular weight excluding hydrogens is 394 g/mol. The number of aromatic hydroxyl groups is 1. The number of benzene rings is 2. The molecule has 0 saturated carbocycles. The monoisotopic (exact) mass is 428 g/mol. The first-order chi connectivity index (χ1) is 14.8. The number of carbonyl (C=O) groups excluding carboxylic acids is 1. The summed E-state index contributed by atoms with van der Waals surface area (Å²) in [6.07, 6.45) is 1.12. The number of phenols is 1. The van der Waals surface area contributed by atoms with Crippen LogP contribution in [-0.4, -0.2) is 38.9 Å².